The zero-order valence-electron chi connectivity index (χ0n) is 13.2. The van der Waals surface area contributed by atoms with Gasteiger partial charge in [0.2, 0.25) is 0 Å². The Morgan fingerprint density at radius 1 is 1.11 bits per heavy atom. The third kappa shape index (κ3) is 7.25. The van der Waals surface area contributed by atoms with Crippen LogP contribution < -0.4 is 10.0 Å². The van der Waals surface area contributed by atoms with Crippen molar-refractivity contribution in [2.75, 3.05) is 33.7 Å². The number of hydrogen-bond donors (Lipinski definition) is 2. The summed E-state index contributed by atoms with van der Waals surface area (Å²) in [6.07, 6.45) is 0.811. The highest BCUT2D eigenvalue weighted by atomic mass is 32.2. The third-order valence-corrected chi connectivity index (χ3v) is 5.06. The van der Waals surface area contributed by atoms with Crippen LogP contribution in [0.2, 0.25) is 0 Å². The van der Waals surface area contributed by atoms with Crippen LogP contribution in [0.3, 0.4) is 0 Å². The number of hydrogen-bond acceptors (Lipinski definition) is 3. The summed E-state index contributed by atoms with van der Waals surface area (Å²) in [4.78, 5) is 0. The Bertz CT molecular complexity index is 321. The molecular formula is C13H31N3O2S. The van der Waals surface area contributed by atoms with Gasteiger partial charge in [-0.3, -0.25) is 0 Å². The van der Waals surface area contributed by atoms with E-state index in [-0.39, 0.29) is 0 Å². The first-order valence-corrected chi connectivity index (χ1v) is 8.51. The lowest BCUT2D eigenvalue weighted by Crippen LogP contribution is -2.42. The first kappa shape index (κ1) is 18.8. The number of rotatable bonds is 10. The van der Waals surface area contributed by atoms with Gasteiger partial charge in [-0.25, -0.2) is 4.72 Å². The Morgan fingerprint density at radius 2 is 1.63 bits per heavy atom. The predicted molar refractivity (Wildman–Crippen MR) is 81.3 cm³/mol. The van der Waals surface area contributed by atoms with Crippen molar-refractivity contribution in [1.29, 1.82) is 0 Å². The fourth-order valence-corrected chi connectivity index (χ4v) is 3.14. The zero-order valence-corrected chi connectivity index (χ0v) is 14.0. The molecule has 0 saturated heterocycles. The summed E-state index contributed by atoms with van der Waals surface area (Å²) in [7, 11) is 0.139. The standard InChI is InChI=1S/C13H31N3O2S/c1-11(2)13(12(3)4)10-15-19(17,18)16(6)9-7-8-14-5/h11-15H,7-10H2,1-6H3. The first-order valence-electron chi connectivity index (χ1n) is 7.07. The summed E-state index contributed by atoms with van der Waals surface area (Å²) in [5, 5.41) is 3.01. The monoisotopic (exact) mass is 293 g/mol. The molecule has 0 aromatic rings. The molecule has 116 valence electrons. The van der Waals surface area contributed by atoms with Crippen LogP contribution in [0.5, 0.6) is 0 Å². The molecule has 0 atom stereocenters. The lowest BCUT2D eigenvalue weighted by atomic mass is 9.86. The molecule has 0 radical (unpaired) electrons. The van der Waals surface area contributed by atoms with Crippen molar-refractivity contribution in [1.82, 2.24) is 14.3 Å². The lowest BCUT2D eigenvalue weighted by molar-refractivity contribution is 0.286. The van der Waals surface area contributed by atoms with Gasteiger partial charge in [-0.2, -0.15) is 12.7 Å². The second-order valence-electron chi connectivity index (χ2n) is 5.78. The highest BCUT2D eigenvalue weighted by molar-refractivity contribution is 7.87. The zero-order chi connectivity index (χ0) is 15.1. The number of nitrogens with one attached hydrogen (secondary N) is 2. The van der Waals surface area contributed by atoms with E-state index in [4.69, 9.17) is 0 Å². The summed E-state index contributed by atoms with van der Waals surface area (Å²) in [6.45, 7) is 10.4. The van der Waals surface area contributed by atoms with Crippen LogP contribution in [0.4, 0.5) is 0 Å². The van der Waals surface area contributed by atoms with Crippen LogP contribution in [-0.2, 0) is 10.2 Å². The molecule has 0 aromatic heterocycles. The minimum Gasteiger partial charge on any atom is -0.320 e. The molecule has 0 aliphatic heterocycles. The predicted octanol–water partition coefficient (Wildman–Crippen LogP) is 1.29. The maximum atomic E-state index is 12.1. The number of nitrogens with zero attached hydrogens (tertiary/aromatic N) is 1. The fraction of sp³-hybridized carbons (Fsp3) is 1.00. The van der Waals surface area contributed by atoms with Gasteiger partial charge in [-0.1, -0.05) is 27.7 Å². The molecule has 0 heterocycles. The van der Waals surface area contributed by atoms with Gasteiger partial charge in [0.25, 0.3) is 10.2 Å². The van der Waals surface area contributed by atoms with E-state index in [9.17, 15) is 8.42 Å². The molecule has 0 aliphatic rings. The summed E-state index contributed by atoms with van der Waals surface area (Å²) in [5.74, 6) is 1.30. The molecule has 0 aliphatic carbocycles. The van der Waals surface area contributed by atoms with Gasteiger partial charge >= 0.3 is 0 Å². The van der Waals surface area contributed by atoms with E-state index in [1.807, 2.05) is 7.05 Å². The molecular weight excluding hydrogens is 262 g/mol. The van der Waals surface area contributed by atoms with Crippen molar-refractivity contribution in [3.63, 3.8) is 0 Å². The van der Waals surface area contributed by atoms with Crippen LogP contribution in [-0.4, -0.2) is 46.5 Å². The highest BCUT2D eigenvalue weighted by Crippen LogP contribution is 2.19. The fourth-order valence-electron chi connectivity index (χ4n) is 2.15. The molecule has 0 amide bonds. The topological polar surface area (TPSA) is 61.4 Å². The van der Waals surface area contributed by atoms with Crippen LogP contribution in [0.15, 0.2) is 0 Å². The Kier molecular flexibility index (Phi) is 8.81. The molecule has 6 heteroatoms. The van der Waals surface area contributed by atoms with E-state index in [0.717, 1.165) is 13.0 Å². The lowest BCUT2D eigenvalue weighted by Gasteiger charge is -2.26. The van der Waals surface area contributed by atoms with Gasteiger partial charge < -0.3 is 5.32 Å². The molecule has 0 aromatic carbocycles. The molecule has 0 saturated carbocycles. The van der Waals surface area contributed by atoms with Crippen molar-refractivity contribution in [3.8, 4) is 0 Å². The Balaban J connectivity index is 4.35. The smallest absolute Gasteiger partial charge is 0.279 e. The summed E-state index contributed by atoms with van der Waals surface area (Å²) >= 11 is 0. The van der Waals surface area contributed by atoms with Gasteiger partial charge in [0.05, 0.1) is 0 Å². The maximum absolute atomic E-state index is 12.1. The molecule has 2 N–H and O–H groups in total. The van der Waals surface area contributed by atoms with E-state index in [1.54, 1.807) is 7.05 Å². The van der Waals surface area contributed by atoms with Crippen LogP contribution >= 0.6 is 0 Å². The Labute approximate surface area is 119 Å². The molecule has 5 nitrogen and oxygen atoms in total. The summed E-state index contributed by atoms with van der Waals surface area (Å²) in [6, 6.07) is 0. The van der Waals surface area contributed by atoms with Gasteiger partial charge in [0.1, 0.15) is 0 Å². The van der Waals surface area contributed by atoms with E-state index in [0.29, 0.717) is 30.8 Å². The van der Waals surface area contributed by atoms with Gasteiger partial charge in [0, 0.05) is 20.1 Å². The average molecular weight is 293 g/mol. The van der Waals surface area contributed by atoms with Gasteiger partial charge in [-0.15, -0.1) is 0 Å². The second-order valence-corrected chi connectivity index (χ2v) is 7.65. The maximum Gasteiger partial charge on any atom is 0.279 e. The SMILES string of the molecule is CNCCCN(C)S(=O)(=O)NCC(C(C)C)C(C)C. The first-order chi connectivity index (χ1) is 8.72. The van der Waals surface area contributed by atoms with Crippen LogP contribution in [0.1, 0.15) is 34.1 Å². The third-order valence-electron chi connectivity index (χ3n) is 3.52. The molecule has 0 unspecified atom stereocenters. The minimum absolute atomic E-state index is 0.362. The van der Waals surface area contributed by atoms with Gasteiger partial charge in [-0.05, 0) is 37.8 Å². The Hall–Kier alpha value is -0.170. The van der Waals surface area contributed by atoms with Crippen molar-refractivity contribution in [2.45, 2.75) is 34.1 Å². The van der Waals surface area contributed by atoms with E-state index >= 15 is 0 Å². The molecule has 0 rings (SSSR count). The van der Waals surface area contributed by atoms with Crippen LogP contribution in [0.25, 0.3) is 0 Å². The summed E-state index contributed by atoms with van der Waals surface area (Å²) in [5.41, 5.74) is 0. The van der Waals surface area contributed by atoms with Gasteiger partial charge in [0.15, 0.2) is 0 Å². The van der Waals surface area contributed by atoms with E-state index in [1.165, 1.54) is 4.31 Å². The van der Waals surface area contributed by atoms with Crippen molar-refractivity contribution in [3.05, 3.63) is 0 Å². The van der Waals surface area contributed by atoms with Crippen molar-refractivity contribution in [2.24, 2.45) is 17.8 Å². The van der Waals surface area contributed by atoms with E-state index < -0.39 is 10.2 Å². The molecule has 0 fully saturated rings. The quantitative estimate of drug-likeness (QED) is 0.597. The average Bonchev–Trinajstić information content (AvgIpc) is 2.28. The van der Waals surface area contributed by atoms with Crippen molar-refractivity contribution < 1.29 is 8.42 Å². The normalized spacial score (nSPS) is 13.2. The largest absolute Gasteiger partial charge is 0.320 e. The Morgan fingerprint density at radius 3 is 2.05 bits per heavy atom. The summed E-state index contributed by atoms with van der Waals surface area (Å²) < 4.78 is 28.3. The highest BCUT2D eigenvalue weighted by Gasteiger charge is 2.22. The minimum atomic E-state index is -3.35. The molecule has 0 bridgehead atoms. The second kappa shape index (κ2) is 8.89. The molecule has 0 spiro atoms. The van der Waals surface area contributed by atoms with Crippen molar-refractivity contribution >= 4 is 10.2 Å². The van der Waals surface area contributed by atoms with E-state index in [2.05, 4.69) is 37.7 Å². The molecule has 19 heavy (non-hydrogen) atoms. The van der Waals surface area contributed by atoms with Crippen LogP contribution in [0, 0.1) is 17.8 Å².